The zero-order valence-electron chi connectivity index (χ0n) is 49.4. The number of hydrogen-bond donors (Lipinski definition) is 0. The lowest BCUT2D eigenvalue weighted by molar-refractivity contribution is 0.0789. The fraction of sp³-hybridized carbons (Fsp3) is 0.465. The van der Waals surface area contributed by atoms with Gasteiger partial charge in [0.05, 0.1) is 17.0 Å². The molecule has 3 nitrogen and oxygen atoms in total. The summed E-state index contributed by atoms with van der Waals surface area (Å²) in [5, 5.41) is 1.14. The number of fused-ring (bicyclic) bond motifs is 6. The average molecular weight is 995 g/mol. The number of benzene rings is 6. The van der Waals surface area contributed by atoms with Crippen LogP contribution < -0.4 is 26.4 Å². The molecule has 0 spiro atoms. The molecular formula is C71H87BN2O. The first-order valence-electron chi connectivity index (χ1n) is 28.8. The fourth-order valence-corrected chi connectivity index (χ4v) is 14.8. The van der Waals surface area contributed by atoms with E-state index in [1.54, 1.807) is 0 Å². The van der Waals surface area contributed by atoms with Gasteiger partial charge in [-0.2, -0.15) is 0 Å². The Morgan fingerprint density at radius 1 is 0.533 bits per heavy atom. The van der Waals surface area contributed by atoms with Crippen molar-refractivity contribution in [1.29, 1.82) is 0 Å². The molecule has 0 N–H and O–H groups in total. The molecule has 2 aliphatic carbocycles. The van der Waals surface area contributed by atoms with Gasteiger partial charge in [0.1, 0.15) is 5.58 Å². The summed E-state index contributed by atoms with van der Waals surface area (Å²) in [6, 6.07) is 48.1. The molecular weight excluding hydrogens is 908 g/mol. The Kier molecular flexibility index (Phi) is 11.7. The van der Waals surface area contributed by atoms with Crippen LogP contribution in [0, 0.1) is 33.5 Å². The van der Waals surface area contributed by atoms with Crippen LogP contribution >= 0.6 is 0 Å². The van der Waals surface area contributed by atoms with Crippen molar-refractivity contribution in [2.24, 2.45) is 33.5 Å². The summed E-state index contributed by atoms with van der Waals surface area (Å²) < 4.78 is 7.50. The Balaban J connectivity index is 1.22. The second kappa shape index (κ2) is 17.0. The van der Waals surface area contributed by atoms with Crippen LogP contribution in [0.3, 0.4) is 0 Å². The predicted octanol–water partition coefficient (Wildman–Crippen LogP) is 18.8. The number of nitrogens with zero attached hydrogens (tertiary/aromatic N) is 2. The van der Waals surface area contributed by atoms with Gasteiger partial charge in [0.15, 0.2) is 0 Å². The van der Waals surface area contributed by atoms with Crippen molar-refractivity contribution < 1.29 is 4.42 Å². The van der Waals surface area contributed by atoms with Crippen molar-refractivity contribution in [1.82, 2.24) is 0 Å². The minimum absolute atomic E-state index is 0.0416. The Morgan fingerprint density at radius 3 is 1.69 bits per heavy atom. The molecule has 4 heteroatoms. The molecule has 2 fully saturated rings. The van der Waals surface area contributed by atoms with Gasteiger partial charge in [-0.25, -0.2) is 0 Å². The molecule has 3 heterocycles. The average Bonchev–Trinajstić information content (AvgIpc) is 3.93. The highest BCUT2D eigenvalue weighted by molar-refractivity contribution is 7.00. The van der Waals surface area contributed by atoms with E-state index in [-0.39, 0.29) is 44.6 Å². The largest absolute Gasteiger partial charge is 0.468 e. The van der Waals surface area contributed by atoms with Gasteiger partial charge in [0.25, 0.3) is 6.71 Å². The predicted molar refractivity (Wildman–Crippen MR) is 325 cm³/mol. The summed E-state index contributed by atoms with van der Waals surface area (Å²) in [5.74, 6) is 2.17. The highest BCUT2D eigenvalue weighted by Gasteiger charge is 2.56. The van der Waals surface area contributed by atoms with E-state index in [1.807, 2.05) is 0 Å². The van der Waals surface area contributed by atoms with Crippen molar-refractivity contribution in [2.75, 3.05) is 9.80 Å². The molecule has 0 radical (unpaired) electrons. The van der Waals surface area contributed by atoms with Gasteiger partial charge in [0.2, 0.25) is 0 Å². The molecule has 2 aliphatic heterocycles. The Bertz CT molecular complexity index is 3360. The third-order valence-corrected chi connectivity index (χ3v) is 21.7. The smallest absolute Gasteiger partial charge is 0.297 e. The van der Waals surface area contributed by atoms with Crippen LogP contribution in [0.15, 0.2) is 126 Å². The number of furan rings is 1. The van der Waals surface area contributed by atoms with Crippen molar-refractivity contribution in [3.05, 3.63) is 149 Å². The summed E-state index contributed by atoms with van der Waals surface area (Å²) in [6.07, 6.45) is 3.53. The zero-order valence-corrected chi connectivity index (χ0v) is 49.4. The molecule has 6 aromatic carbocycles. The van der Waals surface area contributed by atoms with Crippen LogP contribution in [0.25, 0.3) is 22.1 Å². The monoisotopic (exact) mass is 995 g/mol. The normalized spacial score (nSPS) is 23.6. The highest BCUT2D eigenvalue weighted by atomic mass is 16.3. The van der Waals surface area contributed by atoms with Crippen LogP contribution in [0.1, 0.15) is 190 Å². The van der Waals surface area contributed by atoms with Crippen LogP contribution in [-0.2, 0) is 16.2 Å². The van der Waals surface area contributed by atoms with E-state index in [2.05, 4.69) is 263 Å². The third kappa shape index (κ3) is 7.69. The molecule has 11 rings (SSSR count). The SMILES string of the molecule is CCC1(C)C(c2ccc3c(c2)B2c4oc5ccccc5c4N(c4ccc(C(C)(C)C)cc4-c4ccc(C(C)(C)C)cc4)c4cc(C(C)(C)C)cc(c42)N3c2ccc(C3CC(C)C(C)(C)C3(C)C)cc2)CC(C)C1(C)C. The van der Waals surface area contributed by atoms with E-state index >= 15 is 0 Å². The number of rotatable bonds is 6. The molecule has 5 unspecified atom stereocenters. The van der Waals surface area contributed by atoms with Crippen LogP contribution in [0.5, 0.6) is 0 Å². The summed E-state index contributed by atoms with van der Waals surface area (Å²) >= 11 is 0. The first kappa shape index (κ1) is 51.6. The van der Waals surface area contributed by atoms with Gasteiger partial charge in [-0.3, -0.25) is 0 Å². The van der Waals surface area contributed by atoms with Crippen LogP contribution in [-0.4, -0.2) is 6.71 Å². The van der Waals surface area contributed by atoms with E-state index in [0.29, 0.717) is 23.7 Å². The first-order valence-corrected chi connectivity index (χ1v) is 28.8. The van der Waals surface area contributed by atoms with Gasteiger partial charge in [-0.1, -0.05) is 198 Å². The van der Waals surface area contributed by atoms with Crippen molar-refractivity contribution in [2.45, 2.75) is 179 Å². The van der Waals surface area contributed by atoms with Crippen molar-refractivity contribution >= 4 is 68.4 Å². The summed E-state index contributed by atoms with van der Waals surface area (Å²) in [5.41, 5.74) is 21.7. The third-order valence-electron chi connectivity index (χ3n) is 21.7. The minimum Gasteiger partial charge on any atom is -0.468 e. The van der Waals surface area contributed by atoms with E-state index in [0.717, 1.165) is 28.7 Å². The minimum atomic E-state index is -0.152. The summed E-state index contributed by atoms with van der Waals surface area (Å²) in [4.78, 5) is 5.27. The molecule has 5 atom stereocenters. The first-order chi connectivity index (χ1) is 35.0. The Hall–Kier alpha value is -5.48. The lowest BCUT2D eigenvalue weighted by atomic mass is 9.35. The summed E-state index contributed by atoms with van der Waals surface area (Å²) in [6.45, 7) is 46.0. The van der Waals surface area contributed by atoms with E-state index in [1.165, 1.54) is 91.1 Å². The zero-order chi connectivity index (χ0) is 53.9. The molecule has 0 amide bonds. The molecule has 0 bridgehead atoms. The van der Waals surface area contributed by atoms with E-state index < -0.39 is 0 Å². The quantitative estimate of drug-likeness (QED) is 0.155. The molecule has 2 saturated carbocycles. The van der Waals surface area contributed by atoms with Crippen LogP contribution in [0.4, 0.5) is 34.1 Å². The molecule has 4 aliphatic rings. The lowest BCUT2D eigenvalue weighted by Crippen LogP contribution is -2.61. The maximum absolute atomic E-state index is 7.50. The summed E-state index contributed by atoms with van der Waals surface area (Å²) in [7, 11) is 0. The number of para-hydroxylation sites is 1. The maximum atomic E-state index is 7.50. The van der Waals surface area contributed by atoms with Gasteiger partial charge >= 0.3 is 0 Å². The Labute approximate surface area is 453 Å². The van der Waals surface area contributed by atoms with Gasteiger partial charge < -0.3 is 14.2 Å². The topological polar surface area (TPSA) is 19.6 Å². The lowest BCUT2D eigenvalue weighted by Gasteiger charge is -2.45. The standard InChI is InChI=1S/C71H87BN2O/c1-20-71(19)55(38-44(3)69(71,15)16)47-29-35-58-56(39-47)72-62-59(73(58)51-33-27-46(28-34-51)54-37-43(2)68(13,14)70(54,17)18)41-50(67(10,11)12)42-60(62)74(63-52-23-21-22-24-61(52)75-64(63)72)57-36-32-49(66(7,8)9)40-53(57)45-25-30-48(31-26-45)65(4,5)6/h21-36,39-44,54-55H,20,37-38H2,1-19H3. The van der Waals surface area contributed by atoms with Gasteiger partial charge in [-0.15, -0.1) is 0 Å². The number of hydrogen-bond acceptors (Lipinski definition) is 3. The second-order valence-corrected chi connectivity index (χ2v) is 29.1. The van der Waals surface area contributed by atoms with E-state index in [9.17, 15) is 0 Å². The second-order valence-electron chi connectivity index (χ2n) is 29.1. The fourth-order valence-electron chi connectivity index (χ4n) is 14.8. The van der Waals surface area contributed by atoms with Crippen molar-refractivity contribution in [3.63, 3.8) is 0 Å². The van der Waals surface area contributed by atoms with E-state index in [4.69, 9.17) is 4.42 Å². The molecule has 390 valence electrons. The van der Waals surface area contributed by atoms with Crippen LogP contribution in [0.2, 0.25) is 0 Å². The van der Waals surface area contributed by atoms with Crippen molar-refractivity contribution in [3.8, 4) is 11.1 Å². The highest BCUT2D eigenvalue weighted by Crippen LogP contribution is 2.65. The molecule has 7 aromatic rings. The van der Waals surface area contributed by atoms with Gasteiger partial charge in [0, 0.05) is 33.7 Å². The molecule has 1 aromatic heterocycles. The Morgan fingerprint density at radius 2 is 1.09 bits per heavy atom. The maximum Gasteiger partial charge on any atom is 0.297 e. The molecule has 0 saturated heterocycles. The number of anilines is 6. The van der Waals surface area contributed by atoms with Gasteiger partial charge in [-0.05, 0) is 180 Å². The molecule has 75 heavy (non-hydrogen) atoms.